The molecule has 0 unspecified atom stereocenters. The Morgan fingerprint density at radius 2 is 2.22 bits per heavy atom. The monoisotopic (exact) mass is 342 g/mol. The molecule has 1 aromatic rings. The number of hydrogen-bond acceptors (Lipinski definition) is 4. The minimum atomic E-state index is -0.144. The summed E-state index contributed by atoms with van der Waals surface area (Å²) in [5.74, 6) is 0.387. The molecule has 1 heterocycles. The molecule has 0 saturated heterocycles. The summed E-state index contributed by atoms with van der Waals surface area (Å²) in [6.45, 7) is 2.29. The van der Waals surface area contributed by atoms with Crippen molar-refractivity contribution in [2.24, 2.45) is 5.73 Å². The van der Waals surface area contributed by atoms with E-state index in [1.165, 1.54) is 6.92 Å². The second-order valence-corrected chi connectivity index (χ2v) is 5.26. The summed E-state index contributed by atoms with van der Waals surface area (Å²) in [6.07, 6.45) is 1.11. The van der Waals surface area contributed by atoms with Gasteiger partial charge < -0.3 is 15.4 Å². The fraction of sp³-hybridized carbons (Fsp3) is 0.375. The van der Waals surface area contributed by atoms with Crippen LogP contribution >= 0.6 is 12.4 Å². The van der Waals surface area contributed by atoms with Crippen LogP contribution in [0.4, 0.5) is 4.39 Å². The summed E-state index contributed by atoms with van der Waals surface area (Å²) in [7, 11) is 0. The van der Waals surface area contributed by atoms with Crippen molar-refractivity contribution in [1.82, 2.24) is 4.90 Å². The number of nitrogens with two attached hydrogens (primary N) is 1. The molecule has 0 atom stereocenters. The lowest BCUT2D eigenvalue weighted by atomic mass is 9.98. The average Bonchev–Trinajstić information content (AvgIpc) is 2.51. The Hall–Kier alpha value is -1.92. The predicted octanol–water partition coefficient (Wildman–Crippen LogP) is 1.89. The van der Waals surface area contributed by atoms with Gasteiger partial charge in [0.25, 0.3) is 5.91 Å². The summed E-state index contributed by atoms with van der Waals surface area (Å²) in [6, 6.07) is 5.13. The summed E-state index contributed by atoms with van der Waals surface area (Å²) >= 11 is 0. The van der Waals surface area contributed by atoms with E-state index < -0.39 is 0 Å². The maximum absolute atomic E-state index is 12.4. The molecule has 1 amide bonds. The van der Waals surface area contributed by atoms with Crippen molar-refractivity contribution in [1.29, 1.82) is 0 Å². The minimum Gasteiger partial charge on any atom is -0.489 e. The highest BCUT2D eigenvalue weighted by atomic mass is 35.5. The van der Waals surface area contributed by atoms with Gasteiger partial charge in [0.15, 0.2) is 0 Å². The number of rotatable bonds is 6. The quantitative estimate of drug-likeness (QED) is 0.856. The molecule has 7 heteroatoms. The molecular formula is C16H20ClFN2O3. The molecule has 0 saturated carbocycles. The number of ketones is 1. The predicted molar refractivity (Wildman–Crippen MR) is 87.7 cm³/mol. The Morgan fingerprint density at radius 1 is 1.48 bits per heavy atom. The van der Waals surface area contributed by atoms with Crippen molar-refractivity contribution in [2.75, 3.05) is 26.2 Å². The molecule has 5 nitrogen and oxygen atoms in total. The SMILES string of the molecule is CC(=O)CN1CCc2cc(OC/C(=C\F)CN)ccc2C1=O.Cl. The van der Waals surface area contributed by atoms with E-state index in [4.69, 9.17) is 10.5 Å². The Morgan fingerprint density at radius 3 is 2.83 bits per heavy atom. The van der Waals surface area contributed by atoms with Crippen LogP contribution in [0.2, 0.25) is 0 Å². The first-order chi connectivity index (χ1) is 10.5. The van der Waals surface area contributed by atoms with Gasteiger partial charge in [-0.05, 0) is 37.1 Å². The zero-order valence-corrected chi connectivity index (χ0v) is 13.7. The standard InChI is InChI=1S/C16H19FN2O3.ClH/c1-11(20)9-19-5-4-13-6-14(2-3-15(13)16(19)21)22-10-12(7-17)8-18;/h2-3,6-7H,4-5,8-10,18H2,1H3;1H/b12-7-;. The van der Waals surface area contributed by atoms with Crippen molar-refractivity contribution >= 4 is 24.1 Å². The molecule has 0 aliphatic carbocycles. The van der Waals surface area contributed by atoms with E-state index in [1.807, 2.05) is 0 Å². The van der Waals surface area contributed by atoms with Gasteiger partial charge in [-0.15, -0.1) is 12.4 Å². The van der Waals surface area contributed by atoms with E-state index in [9.17, 15) is 14.0 Å². The fourth-order valence-corrected chi connectivity index (χ4v) is 2.33. The van der Waals surface area contributed by atoms with Gasteiger partial charge in [0, 0.05) is 24.2 Å². The number of Topliss-reactive ketones (excluding diaryl/α,β-unsaturated/α-hetero) is 1. The van der Waals surface area contributed by atoms with Crippen LogP contribution < -0.4 is 10.5 Å². The van der Waals surface area contributed by atoms with Crippen molar-refractivity contribution in [3.63, 3.8) is 0 Å². The maximum atomic E-state index is 12.4. The average molecular weight is 343 g/mol. The summed E-state index contributed by atoms with van der Waals surface area (Å²) in [5, 5.41) is 0. The lowest BCUT2D eigenvalue weighted by molar-refractivity contribution is -0.117. The third kappa shape index (κ3) is 4.77. The van der Waals surface area contributed by atoms with Gasteiger partial charge in [-0.3, -0.25) is 9.59 Å². The molecule has 2 rings (SSSR count). The molecular weight excluding hydrogens is 323 g/mol. The first-order valence-corrected chi connectivity index (χ1v) is 7.07. The van der Waals surface area contributed by atoms with E-state index in [2.05, 4.69) is 0 Å². The Bertz CT molecular complexity index is 619. The number of ether oxygens (including phenoxy) is 1. The van der Waals surface area contributed by atoms with Gasteiger partial charge in [-0.1, -0.05) is 0 Å². The van der Waals surface area contributed by atoms with Gasteiger partial charge in [-0.2, -0.15) is 0 Å². The molecule has 0 aromatic heterocycles. The summed E-state index contributed by atoms with van der Waals surface area (Å²) in [4.78, 5) is 25.0. The van der Waals surface area contributed by atoms with Crippen LogP contribution in [0.15, 0.2) is 30.1 Å². The number of benzene rings is 1. The van der Waals surface area contributed by atoms with E-state index in [-0.39, 0.29) is 43.8 Å². The van der Waals surface area contributed by atoms with Crippen LogP contribution in [-0.4, -0.2) is 42.8 Å². The van der Waals surface area contributed by atoms with Crippen molar-refractivity contribution in [3.8, 4) is 5.75 Å². The first-order valence-electron chi connectivity index (χ1n) is 7.07. The summed E-state index contributed by atoms with van der Waals surface area (Å²) < 4.78 is 17.9. The Kier molecular flexibility index (Phi) is 7.19. The topological polar surface area (TPSA) is 72.6 Å². The molecule has 23 heavy (non-hydrogen) atoms. The minimum absolute atomic E-state index is 0. The lowest BCUT2D eigenvalue weighted by Gasteiger charge is -2.28. The fourth-order valence-electron chi connectivity index (χ4n) is 2.33. The Labute approximate surface area is 140 Å². The third-order valence-electron chi connectivity index (χ3n) is 3.50. The maximum Gasteiger partial charge on any atom is 0.254 e. The van der Waals surface area contributed by atoms with Crippen LogP contribution in [0, 0.1) is 0 Å². The van der Waals surface area contributed by atoms with E-state index in [0.717, 1.165) is 5.56 Å². The normalized spacial score (nSPS) is 14.1. The molecule has 0 bridgehead atoms. The zero-order valence-electron chi connectivity index (χ0n) is 12.9. The van der Waals surface area contributed by atoms with E-state index in [0.29, 0.717) is 36.2 Å². The third-order valence-corrected chi connectivity index (χ3v) is 3.50. The van der Waals surface area contributed by atoms with Crippen LogP contribution in [0.25, 0.3) is 0 Å². The lowest BCUT2D eigenvalue weighted by Crippen LogP contribution is -2.40. The molecule has 1 aromatic carbocycles. The smallest absolute Gasteiger partial charge is 0.254 e. The number of halogens is 2. The van der Waals surface area contributed by atoms with Crippen LogP contribution in [0.5, 0.6) is 5.75 Å². The number of carbonyl (C=O) groups excluding carboxylic acids is 2. The van der Waals surface area contributed by atoms with Gasteiger partial charge in [0.05, 0.1) is 12.9 Å². The van der Waals surface area contributed by atoms with Gasteiger partial charge >= 0.3 is 0 Å². The number of nitrogens with zero attached hydrogens (tertiary/aromatic N) is 1. The molecule has 0 spiro atoms. The van der Waals surface area contributed by atoms with Crippen molar-refractivity contribution in [3.05, 3.63) is 41.2 Å². The number of fused-ring (bicyclic) bond motifs is 1. The van der Waals surface area contributed by atoms with Gasteiger partial charge in [0.2, 0.25) is 0 Å². The molecule has 126 valence electrons. The number of amides is 1. The molecule has 0 radical (unpaired) electrons. The second-order valence-electron chi connectivity index (χ2n) is 5.26. The summed E-state index contributed by atoms with van der Waals surface area (Å²) in [5.41, 5.74) is 7.19. The highest BCUT2D eigenvalue weighted by Crippen LogP contribution is 2.24. The van der Waals surface area contributed by atoms with Crippen molar-refractivity contribution < 1.29 is 18.7 Å². The Balaban J connectivity index is 0.00000264. The highest BCUT2D eigenvalue weighted by Gasteiger charge is 2.25. The van der Waals surface area contributed by atoms with Crippen LogP contribution in [0.3, 0.4) is 0 Å². The van der Waals surface area contributed by atoms with E-state index >= 15 is 0 Å². The van der Waals surface area contributed by atoms with E-state index in [1.54, 1.807) is 23.1 Å². The van der Waals surface area contributed by atoms with Crippen molar-refractivity contribution in [2.45, 2.75) is 13.3 Å². The largest absolute Gasteiger partial charge is 0.489 e. The van der Waals surface area contributed by atoms with Gasteiger partial charge in [-0.25, -0.2) is 4.39 Å². The molecule has 0 fully saturated rings. The first kappa shape index (κ1) is 19.1. The number of hydrogen-bond donors (Lipinski definition) is 1. The molecule has 1 aliphatic rings. The number of carbonyl (C=O) groups is 2. The highest BCUT2D eigenvalue weighted by molar-refractivity contribution is 5.98. The van der Waals surface area contributed by atoms with Crippen LogP contribution in [0.1, 0.15) is 22.8 Å². The molecule has 2 N–H and O–H groups in total. The van der Waals surface area contributed by atoms with Crippen LogP contribution in [-0.2, 0) is 11.2 Å². The zero-order chi connectivity index (χ0) is 16.1. The molecule has 1 aliphatic heterocycles. The van der Waals surface area contributed by atoms with Gasteiger partial charge in [0.1, 0.15) is 18.1 Å². The second kappa shape index (κ2) is 8.64.